The molecule has 2 fully saturated rings. The van der Waals surface area contributed by atoms with E-state index >= 15 is 0 Å². The van der Waals surface area contributed by atoms with Crippen LogP contribution in [0, 0.1) is 23.2 Å². The summed E-state index contributed by atoms with van der Waals surface area (Å²) in [5.41, 5.74) is 3.59. The van der Waals surface area contributed by atoms with E-state index in [-0.39, 0.29) is 17.3 Å². The molecule has 0 heterocycles. The summed E-state index contributed by atoms with van der Waals surface area (Å²) < 4.78 is 17.1. The van der Waals surface area contributed by atoms with Crippen molar-refractivity contribution >= 4 is 11.8 Å². The van der Waals surface area contributed by atoms with Crippen molar-refractivity contribution in [1.82, 2.24) is 0 Å². The third-order valence-corrected chi connectivity index (χ3v) is 9.06. The molecule has 0 saturated heterocycles. The van der Waals surface area contributed by atoms with Crippen molar-refractivity contribution in [2.24, 2.45) is 23.2 Å². The normalized spacial score (nSPS) is 28.4. The van der Waals surface area contributed by atoms with E-state index in [1.165, 1.54) is 24.3 Å². The summed E-state index contributed by atoms with van der Waals surface area (Å²) in [5.74, 6) is 3.16. The zero-order valence-corrected chi connectivity index (χ0v) is 22.2. The van der Waals surface area contributed by atoms with Gasteiger partial charge >= 0.3 is 5.97 Å². The molecule has 0 aromatic heterocycles. The van der Waals surface area contributed by atoms with Crippen molar-refractivity contribution in [3.63, 3.8) is 0 Å². The summed E-state index contributed by atoms with van der Waals surface area (Å²) in [6.07, 6.45) is 8.76. The Morgan fingerprint density at radius 3 is 2.65 bits per heavy atom. The molecule has 2 saturated carbocycles. The fraction of sp³-hybridized carbons (Fsp3) is 0.500. The molecule has 37 heavy (non-hydrogen) atoms. The number of methoxy groups -OCH3 is 1. The molecule has 5 nitrogen and oxygen atoms in total. The topological polar surface area (TPSA) is 61.8 Å². The van der Waals surface area contributed by atoms with Crippen LogP contribution in [0.1, 0.15) is 68.6 Å². The number of hydrogen-bond acceptors (Lipinski definition) is 5. The predicted octanol–water partition coefficient (Wildman–Crippen LogP) is 6.43. The maximum atomic E-state index is 13.2. The zero-order chi connectivity index (χ0) is 26.0. The second-order valence-electron chi connectivity index (χ2n) is 11.0. The van der Waals surface area contributed by atoms with Crippen LogP contribution in [0.5, 0.6) is 11.5 Å². The number of ketones is 1. The van der Waals surface area contributed by atoms with Crippen molar-refractivity contribution in [2.75, 3.05) is 13.7 Å². The second kappa shape index (κ2) is 10.7. The van der Waals surface area contributed by atoms with Crippen molar-refractivity contribution in [2.45, 2.75) is 64.9 Å². The first-order valence-electron chi connectivity index (χ1n) is 13.7. The lowest BCUT2D eigenvalue weighted by Crippen LogP contribution is -2.44. The number of esters is 1. The molecular weight excluding hydrogens is 464 g/mol. The van der Waals surface area contributed by atoms with Crippen LogP contribution in [-0.2, 0) is 27.4 Å². The Bertz CT molecular complexity index is 1170. The molecule has 196 valence electrons. The highest BCUT2D eigenvalue weighted by atomic mass is 16.5. The molecule has 0 spiro atoms. The smallest absolute Gasteiger partial charge is 0.330 e. The first kappa shape index (κ1) is 25.6. The van der Waals surface area contributed by atoms with Gasteiger partial charge in [-0.2, -0.15) is 0 Å². The molecular formula is C32H38O5. The Morgan fingerprint density at radius 2 is 1.89 bits per heavy atom. The van der Waals surface area contributed by atoms with Gasteiger partial charge in [-0.1, -0.05) is 43.3 Å². The molecule has 0 bridgehead atoms. The molecule has 5 rings (SSSR count). The highest BCUT2D eigenvalue weighted by molar-refractivity contribution is 5.88. The van der Waals surface area contributed by atoms with Crippen molar-refractivity contribution in [1.29, 1.82) is 0 Å². The van der Waals surface area contributed by atoms with Gasteiger partial charge in [0.1, 0.15) is 12.4 Å². The molecule has 0 N–H and O–H groups in total. The van der Waals surface area contributed by atoms with Crippen LogP contribution in [0.2, 0.25) is 0 Å². The average Bonchev–Trinajstić information content (AvgIpc) is 3.17. The summed E-state index contributed by atoms with van der Waals surface area (Å²) >= 11 is 0. The molecule has 2 aromatic rings. The zero-order valence-electron chi connectivity index (χ0n) is 22.2. The molecule has 0 unspecified atom stereocenters. The molecule has 3 aliphatic rings. The number of carbonyl (C=O) groups is 2. The van der Waals surface area contributed by atoms with Gasteiger partial charge in [0.2, 0.25) is 0 Å². The third kappa shape index (κ3) is 4.93. The van der Waals surface area contributed by atoms with Crippen LogP contribution in [0.4, 0.5) is 0 Å². The minimum Gasteiger partial charge on any atom is -0.490 e. The molecule has 2 aromatic carbocycles. The lowest BCUT2D eigenvalue weighted by Gasteiger charge is -2.50. The quantitative estimate of drug-likeness (QED) is 0.307. The summed E-state index contributed by atoms with van der Waals surface area (Å²) in [6.45, 7) is 5.29. The lowest BCUT2D eigenvalue weighted by molar-refractivity contribution is -0.135. The van der Waals surface area contributed by atoms with Crippen LogP contribution in [0.25, 0.3) is 0 Å². The number of ether oxygens (including phenoxy) is 3. The van der Waals surface area contributed by atoms with Gasteiger partial charge in [-0.3, -0.25) is 4.79 Å². The Balaban J connectivity index is 1.41. The second-order valence-corrected chi connectivity index (χ2v) is 11.0. The monoisotopic (exact) mass is 502 g/mol. The number of Topliss-reactive ketones (excluding diaryl/α,β-unsaturated/α-hetero) is 1. The molecule has 0 radical (unpaired) electrons. The number of carbonyl (C=O) groups excluding carboxylic acids is 2. The Labute approximate surface area is 220 Å². The van der Waals surface area contributed by atoms with E-state index in [2.05, 4.69) is 31.2 Å². The molecule has 0 amide bonds. The van der Waals surface area contributed by atoms with Gasteiger partial charge in [0.25, 0.3) is 0 Å². The fourth-order valence-electron chi connectivity index (χ4n) is 7.37. The minimum absolute atomic E-state index is 0.260. The number of hydrogen-bond donors (Lipinski definition) is 0. The summed E-state index contributed by atoms with van der Waals surface area (Å²) in [6, 6.07) is 14.6. The van der Waals surface area contributed by atoms with Crippen LogP contribution >= 0.6 is 0 Å². The van der Waals surface area contributed by atoms with E-state index in [0.29, 0.717) is 43.2 Å². The van der Waals surface area contributed by atoms with Gasteiger partial charge in [-0.05, 0) is 91.5 Å². The number of allylic oxidation sites excluding steroid dienone is 1. The van der Waals surface area contributed by atoms with E-state index in [4.69, 9.17) is 14.2 Å². The van der Waals surface area contributed by atoms with Crippen LogP contribution in [0.15, 0.2) is 54.6 Å². The number of fused-ring (bicyclic) bond motifs is 5. The number of rotatable bonds is 8. The number of benzene rings is 2. The first-order valence-corrected chi connectivity index (χ1v) is 13.7. The van der Waals surface area contributed by atoms with Crippen molar-refractivity contribution in [3.05, 3.63) is 71.3 Å². The highest BCUT2D eigenvalue weighted by Gasteiger charge is 2.58. The van der Waals surface area contributed by atoms with Crippen LogP contribution in [0.3, 0.4) is 0 Å². The first-order chi connectivity index (χ1) is 17.9. The molecule has 0 aliphatic heterocycles. The van der Waals surface area contributed by atoms with Crippen molar-refractivity contribution in [3.8, 4) is 11.5 Å². The van der Waals surface area contributed by atoms with E-state index < -0.39 is 0 Å². The maximum absolute atomic E-state index is 13.2. The molecule has 3 aliphatic carbocycles. The SMILES string of the molecule is CCOc1cc2c(cc1OCc1ccccc1)CC[C@H]1[C@@H]3[C@@H](C/C=C/C(=O)OC)CC(=O)[C@@]3(C)CC[C@H]21. The van der Waals surface area contributed by atoms with Crippen molar-refractivity contribution < 1.29 is 23.8 Å². The summed E-state index contributed by atoms with van der Waals surface area (Å²) in [7, 11) is 1.39. The summed E-state index contributed by atoms with van der Waals surface area (Å²) in [4.78, 5) is 24.8. The lowest BCUT2D eigenvalue weighted by atomic mass is 9.54. The Morgan fingerprint density at radius 1 is 1.11 bits per heavy atom. The van der Waals surface area contributed by atoms with E-state index in [9.17, 15) is 9.59 Å². The van der Waals surface area contributed by atoms with Gasteiger partial charge < -0.3 is 14.2 Å². The van der Waals surface area contributed by atoms with Crippen LogP contribution < -0.4 is 9.47 Å². The highest BCUT2D eigenvalue weighted by Crippen LogP contribution is 2.62. The third-order valence-electron chi connectivity index (χ3n) is 9.06. The maximum Gasteiger partial charge on any atom is 0.330 e. The average molecular weight is 503 g/mol. The number of aryl methyl sites for hydroxylation is 1. The van der Waals surface area contributed by atoms with Gasteiger partial charge in [0.15, 0.2) is 11.5 Å². The standard InChI is InChI=1S/C32H38O5/c1-4-36-28-19-26-22(17-27(28)37-20-21-9-6-5-7-10-21)13-14-25-24(26)15-16-32(2)29(33)18-23(31(25)32)11-8-12-30(34)35-3/h5-10,12,17,19,23-25,31H,4,11,13-16,18,20H2,1-3H3/b12-8+/t23-,24-,25+,31-,32+/m0/s1. The Hall–Kier alpha value is -3.08. The van der Waals surface area contributed by atoms with E-state index in [1.807, 2.05) is 31.2 Å². The minimum atomic E-state index is -0.339. The van der Waals surface area contributed by atoms with E-state index in [1.54, 1.807) is 0 Å². The fourth-order valence-corrected chi connectivity index (χ4v) is 7.37. The van der Waals surface area contributed by atoms with Gasteiger partial charge in [0.05, 0.1) is 13.7 Å². The van der Waals surface area contributed by atoms with Gasteiger partial charge in [0, 0.05) is 17.9 Å². The predicted molar refractivity (Wildman–Crippen MR) is 143 cm³/mol. The van der Waals surface area contributed by atoms with Gasteiger partial charge in [-0.25, -0.2) is 4.79 Å². The van der Waals surface area contributed by atoms with E-state index in [0.717, 1.165) is 49.2 Å². The summed E-state index contributed by atoms with van der Waals surface area (Å²) in [5, 5.41) is 0. The molecule has 5 atom stereocenters. The van der Waals surface area contributed by atoms with Crippen LogP contribution in [-0.4, -0.2) is 25.5 Å². The molecule has 5 heteroatoms. The Kier molecular flexibility index (Phi) is 7.41. The largest absolute Gasteiger partial charge is 0.490 e. The van der Waals surface area contributed by atoms with Gasteiger partial charge in [-0.15, -0.1) is 0 Å².